The molecule has 0 saturated heterocycles. The molecule has 0 unspecified atom stereocenters. The van der Waals surface area contributed by atoms with Crippen molar-refractivity contribution in [2.45, 2.75) is 26.7 Å². The third-order valence-electron chi connectivity index (χ3n) is 4.04. The second-order valence-electron chi connectivity index (χ2n) is 6.08. The number of guanidine groups is 1. The molecule has 0 bridgehead atoms. The Hall–Kier alpha value is -2.77. The molecule has 148 valence electrons. The number of ether oxygens (including phenoxy) is 2. The number of hydrogen-bond acceptors (Lipinski definition) is 6. The van der Waals surface area contributed by atoms with Gasteiger partial charge in [0.15, 0.2) is 23.3 Å². The van der Waals surface area contributed by atoms with Gasteiger partial charge >= 0.3 is 0 Å². The highest BCUT2D eigenvalue weighted by atomic mass is 16.5. The summed E-state index contributed by atoms with van der Waals surface area (Å²) < 4.78 is 15.8. The van der Waals surface area contributed by atoms with Crippen molar-refractivity contribution in [2.24, 2.45) is 4.99 Å². The van der Waals surface area contributed by atoms with E-state index in [-0.39, 0.29) is 0 Å². The van der Waals surface area contributed by atoms with Crippen molar-refractivity contribution in [3.05, 3.63) is 35.5 Å². The van der Waals surface area contributed by atoms with Crippen LogP contribution in [0.2, 0.25) is 0 Å². The standard InChI is InChI=1S/C19H29N5O3/c1-6-20-19(21-11-9-18-22-14(2)23-27-18)24(3)12-10-15-7-8-16(25-4)17(13-15)26-5/h7-8,13H,6,9-12H2,1-5H3,(H,20,21). The number of nitrogens with one attached hydrogen (secondary N) is 1. The highest BCUT2D eigenvalue weighted by molar-refractivity contribution is 5.79. The Morgan fingerprint density at radius 1 is 1.22 bits per heavy atom. The largest absolute Gasteiger partial charge is 0.493 e. The zero-order chi connectivity index (χ0) is 19.6. The zero-order valence-corrected chi connectivity index (χ0v) is 16.8. The number of aliphatic imine (C=N–C) groups is 1. The first-order valence-electron chi connectivity index (χ1n) is 9.06. The van der Waals surface area contributed by atoms with E-state index in [9.17, 15) is 0 Å². The normalized spacial score (nSPS) is 11.4. The molecule has 0 saturated carbocycles. The van der Waals surface area contributed by atoms with Crippen LogP contribution in [0.4, 0.5) is 0 Å². The minimum absolute atomic E-state index is 0.588. The Morgan fingerprint density at radius 2 is 2.00 bits per heavy atom. The Balaban J connectivity index is 1.93. The van der Waals surface area contributed by atoms with Crippen molar-refractivity contribution in [1.82, 2.24) is 20.4 Å². The van der Waals surface area contributed by atoms with Crippen LogP contribution < -0.4 is 14.8 Å². The molecule has 0 atom stereocenters. The molecular formula is C19H29N5O3. The molecule has 27 heavy (non-hydrogen) atoms. The topological polar surface area (TPSA) is 85.0 Å². The molecule has 0 radical (unpaired) electrons. The van der Waals surface area contributed by atoms with E-state index in [0.29, 0.717) is 24.7 Å². The van der Waals surface area contributed by atoms with Gasteiger partial charge in [-0.05, 0) is 38.0 Å². The molecule has 1 N–H and O–H groups in total. The average molecular weight is 375 g/mol. The fourth-order valence-corrected chi connectivity index (χ4v) is 2.61. The first-order valence-corrected chi connectivity index (χ1v) is 9.06. The van der Waals surface area contributed by atoms with Crippen LogP contribution in [0.5, 0.6) is 11.5 Å². The van der Waals surface area contributed by atoms with Crippen LogP contribution in [0.1, 0.15) is 24.2 Å². The fourth-order valence-electron chi connectivity index (χ4n) is 2.61. The first kappa shape index (κ1) is 20.5. The summed E-state index contributed by atoms with van der Waals surface area (Å²) in [5.74, 6) is 3.59. The number of rotatable bonds is 9. The molecule has 0 spiro atoms. The third kappa shape index (κ3) is 6.16. The number of aromatic nitrogens is 2. The summed E-state index contributed by atoms with van der Waals surface area (Å²) in [5.41, 5.74) is 1.18. The van der Waals surface area contributed by atoms with E-state index in [2.05, 4.69) is 38.3 Å². The Labute approximate surface area is 160 Å². The second kappa shape index (κ2) is 10.4. The molecule has 1 aromatic heterocycles. The first-order chi connectivity index (χ1) is 13.1. The lowest BCUT2D eigenvalue weighted by molar-refractivity contribution is 0.354. The molecule has 0 aliphatic heterocycles. The van der Waals surface area contributed by atoms with E-state index in [1.807, 2.05) is 26.1 Å². The lowest BCUT2D eigenvalue weighted by Crippen LogP contribution is -2.40. The van der Waals surface area contributed by atoms with Gasteiger partial charge in [-0.1, -0.05) is 11.2 Å². The van der Waals surface area contributed by atoms with Gasteiger partial charge in [0.25, 0.3) is 0 Å². The van der Waals surface area contributed by atoms with E-state index in [4.69, 9.17) is 14.0 Å². The summed E-state index contributed by atoms with van der Waals surface area (Å²) in [4.78, 5) is 11.0. The highest BCUT2D eigenvalue weighted by Gasteiger charge is 2.09. The van der Waals surface area contributed by atoms with Crippen LogP contribution in [-0.2, 0) is 12.8 Å². The van der Waals surface area contributed by atoms with Crippen molar-refractivity contribution in [3.8, 4) is 11.5 Å². The summed E-state index contributed by atoms with van der Waals surface area (Å²) in [5, 5.41) is 7.11. The van der Waals surface area contributed by atoms with Crippen molar-refractivity contribution in [2.75, 3.05) is 40.9 Å². The Kier molecular flexibility index (Phi) is 7.91. The maximum Gasteiger partial charge on any atom is 0.228 e. The average Bonchev–Trinajstić information content (AvgIpc) is 3.10. The van der Waals surface area contributed by atoms with Crippen LogP contribution in [-0.4, -0.2) is 61.9 Å². The van der Waals surface area contributed by atoms with E-state index in [1.54, 1.807) is 14.2 Å². The number of likely N-dealkylation sites (N-methyl/N-ethyl adjacent to an activating group) is 1. The summed E-state index contributed by atoms with van der Waals surface area (Å²) in [6.07, 6.45) is 1.49. The van der Waals surface area contributed by atoms with Gasteiger partial charge in [0.05, 0.1) is 20.8 Å². The molecule has 8 heteroatoms. The van der Waals surface area contributed by atoms with Gasteiger partial charge in [-0.3, -0.25) is 4.99 Å². The molecule has 0 amide bonds. The van der Waals surface area contributed by atoms with Crippen LogP contribution in [0.25, 0.3) is 0 Å². The maximum atomic E-state index is 5.37. The molecule has 2 rings (SSSR count). The minimum atomic E-state index is 0.588. The van der Waals surface area contributed by atoms with Crippen LogP contribution in [0.3, 0.4) is 0 Å². The summed E-state index contributed by atoms with van der Waals surface area (Å²) in [7, 11) is 5.31. The molecule has 1 aromatic carbocycles. The lowest BCUT2D eigenvalue weighted by atomic mass is 10.1. The molecule has 8 nitrogen and oxygen atoms in total. The van der Waals surface area contributed by atoms with E-state index in [1.165, 1.54) is 5.56 Å². The minimum Gasteiger partial charge on any atom is -0.493 e. The van der Waals surface area contributed by atoms with Crippen molar-refractivity contribution >= 4 is 5.96 Å². The van der Waals surface area contributed by atoms with Gasteiger partial charge in [-0.15, -0.1) is 0 Å². The fraction of sp³-hybridized carbons (Fsp3) is 0.526. The van der Waals surface area contributed by atoms with E-state index in [0.717, 1.165) is 37.0 Å². The summed E-state index contributed by atoms with van der Waals surface area (Å²) in [6, 6.07) is 5.99. The van der Waals surface area contributed by atoms with E-state index >= 15 is 0 Å². The van der Waals surface area contributed by atoms with Crippen LogP contribution in [0, 0.1) is 6.92 Å². The van der Waals surface area contributed by atoms with Crippen molar-refractivity contribution < 1.29 is 14.0 Å². The van der Waals surface area contributed by atoms with Gasteiger partial charge in [0, 0.05) is 26.6 Å². The van der Waals surface area contributed by atoms with Gasteiger partial charge in [-0.2, -0.15) is 4.98 Å². The predicted octanol–water partition coefficient (Wildman–Crippen LogP) is 2.08. The summed E-state index contributed by atoms with van der Waals surface area (Å²) >= 11 is 0. The van der Waals surface area contributed by atoms with E-state index < -0.39 is 0 Å². The van der Waals surface area contributed by atoms with Crippen LogP contribution >= 0.6 is 0 Å². The van der Waals surface area contributed by atoms with Gasteiger partial charge < -0.3 is 24.2 Å². The van der Waals surface area contributed by atoms with Crippen LogP contribution in [0.15, 0.2) is 27.7 Å². The van der Waals surface area contributed by atoms with Crippen molar-refractivity contribution in [3.63, 3.8) is 0 Å². The predicted molar refractivity (Wildman–Crippen MR) is 105 cm³/mol. The number of methoxy groups -OCH3 is 2. The molecule has 0 aliphatic carbocycles. The SMILES string of the molecule is CCNC(=NCCc1nc(C)no1)N(C)CCc1ccc(OC)c(OC)c1. The zero-order valence-electron chi connectivity index (χ0n) is 16.8. The molecule has 1 heterocycles. The van der Waals surface area contributed by atoms with Gasteiger partial charge in [0.1, 0.15) is 0 Å². The number of hydrogen-bond donors (Lipinski definition) is 1. The smallest absolute Gasteiger partial charge is 0.228 e. The van der Waals surface area contributed by atoms with Gasteiger partial charge in [0.2, 0.25) is 5.89 Å². The molecule has 2 aromatic rings. The number of nitrogens with zero attached hydrogens (tertiary/aromatic N) is 4. The lowest BCUT2D eigenvalue weighted by Gasteiger charge is -2.22. The van der Waals surface area contributed by atoms with Crippen molar-refractivity contribution in [1.29, 1.82) is 0 Å². The number of aryl methyl sites for hydroxylation is 1. The highest BCUT2D eigenvalue weighted by Crippen LogP contribution is 2.27. The Bertz CT molecular complexity index is 745. The molecule has 0 fully saturated rings. The Morgan fingerprint density at radius 3 is 2.63 bits per heavy atom. The number of benzene rings is 1. The maximum absolute atomic E-state index is 5.37. The molecular weight excluding hydrogens is 346 g/mol. The quantitative estimate of drug-likeness (QED) is 0.530. The van der Waals surface area contributed by atoms with Gasteiger partial charge in [-0.25, -0.2) is 0 Å². The monoisotopic (exact) mass is 375 g/mol. The summed E-state index contributed by atoms with van der Waals surface area (Å²) in [6.45, 7) is 6.08. The second-order valence-corrected chi connectivity index (χ2v) is 6.08. The molecule has 0 aliphatic rings. The third-order valence-corrected chi connectivity index (χ3v) is 4.04.